The second-order valence-corrected chi connectivity index (χ2v) is 6.38. The summed E-state index contributed by atoms with van der Waals surface area (Å²) in [5.74, 6) is 0.226. The van der Waals surface area contributed by atoms with Crippen LogP contribution in [0.5, 0.6) is 5.75 Å². The molecule has 6 heteroatoms. The molecule has 0 aliphatic rings. The highest BCUT2D eigenvalue weighted by Crippen LogP contribution is 2.27. The van der Waals surface area contributed by atoms with Crippen LogP contribution in [0.2, 0.25) is 0 Å². The number of nitrogens with one attached hydrogen (secondary N) is 2. The molecule has 0 saturated carbocycles. The summed E-state index contributed by atoms with van der Waals surface area (Å²) >= 11 is 0. The molecule has 1 atom stereocenters. The quantitative estimate of drug-likeness (QED) is 0.646. The zero-order valence-corrected chi connectivity index (χ0v) is 14.6. The van der Waals surface area contributed by atoms with Gasteiger partial charge < -0.3 is 24.9 Å². The van der Waals surface area contributed by atoms with Crippen LogP contribution in [0.3, 0.4) is 0 Å². The molecule has 6 nitrogen and oxygen atoms in total. The van der Waals surface area contributed by atoms with Gasteiger partial charge >= 0.3 is 5.97 Å². The topological polar surface area (TPSA) is 83.6 Å². The summed E-state index contributed by atoms with van der Waals surface area (Å²) in [6, 6.07) is 7.54. The lowest BCUT2D eigenvalue weighted by Gasteiger charge is -2.15. The SMILES string of the molecule is CC(C)NCC(O)COc1cccc2[nH]c(C(=O)OC(C)C)cc12. The number of rotatable bonds is 8. The fourth-order valence-electron chi connectivity index (χ4n) is 2.26. The third-order valence-electron chi connectivity index (χ3n) is 3.38. The van der Waals surface area contributed by atoms with Gasteiger partial charge in [-0.15, -0.1) is 0 Å². The van der Waals surface area contributed by atoms with Crippen molar-refractivity contribution >= 4 is 16.9 Å². The van der Waals surface area contributed by atoms with Crippen LogP contribution in [0.25, 0.3) is 10.9 Å². The van der Waals surface area contributed by atoms with Gasteiger partial charge in [0.05, 0.1) is 6.10 Å². The van der Waals surface area contributed by atoms with E-state index in [1.54, 1.807) is 6.07 Å². The first-order valence-corrected chi connectivity index (χ1v) is 8.23. The fraction of sp³-hybridized carbons (Fsp3) is 0.500. The Labute approximate surface area is 142 Å². The Morgan fingerprint density at radius 3 is 2.71 bits per heavy atom. The second-order valence-electron chi connectivity index (χ2n) is 6.38. The highest BCUT2D eigenvalue weighted by Gasteiger charge is 2.15. The first kappa shape index (κ1) is 18.3. The Kier molecular flexibility index (Phi) is 6.23. The van der Waals surface area contributed by atoms with Crippen LogP contribution in [0, 0.1) is 0 Å². The summed E-state index contributed by atoms with van der Waals surface area (Å²) in [5, 5.41) is 13.9. The van der Waals surface area contributed by atoms with Crippen LogP contribution in [0.15, 0.2) is 24.3 Å². The van der Waals surface area contributed by atoms with E-state index in [2.05, 4.69) is 10.3 Å². The molecule has 2 aromatic rings. The minimum Gasteiger partial charge on any atom is -0.490 e. The largest absolute Gasteiger partial charge is 0.490 e. The lowest BCUT2D eigenvalue weighted by Crippen LogP contribution is -2.35. The molecular weight excluding hydrogens is 308 g/mol. The predicted molar refractivity (Wildman–Crippen MR) is 93.5 cm³/mol. The average Bonchev–Trinajstić information content (AvgIpc) is 2.95. The summed E-state index contributed by atoms with van der Waals surface area (Å²) in [6.45, 7) is 8.30. The molecule has 0 amide bonds. The number of H-pyrrole nitrogens is 1. The molecular formula is C18H26N2O4. The summed E-state index contributed by atoms with van der Waals surface area (Å²) in [6.07, 6.45) is -0.782. The minimum absolute atomic E-state index is 0.176. The number of aromatic amines is 1. The summed E-state index contributed by atoms with van der Waals surface area (Å²) < 4.78 is 10.9. The van der Waals surface area contributed by atoms with Gasteiger partial charge in [0.2, 0.25) is 0 Å². The number of carbonyl (C=O) groups excluding carboxylic acids is 1. The molecule has 132 valence electrons. The molecule has 1 unspecified atom stereocenters. The van der Waals surface area contributed by atoms with Crippen LogP contribution < -0.4 is 10.1 Å². The van der Waals surface area contributed by atoms with Crippen LogP contribution >= 0.6 is 0 Å². The average molecular weight is 334 g/mol. The second kappa shape index (κ2) is 8.17. The summed E-state index contributed by atoms with van der Waals surface area (Å²) in [7, 11) is 0. The molecule has 24 heavy (non-hydrogen) atoms. The van der Waals surface area contributed by atoms with Crippen molar-refractivity contribution in [1.29, 1.82) is 0 Å². The van der Waals surface area contributed by atoms with E-state index >= 15 is 0 Å². The Balaban J connectivity index is 2.08. The number of esters is 1. The molecule has 3 N–H and O–H groups in total. The van der Waals surface area contributed by atoms with Crippen molar-refractivity contribution in [3.8, 4) is 5.75 Å². The van der Waals surface area contributed by atoms with Crippen LogP contribution in [-0.4, -0.2) is 47.5 Å². The van der Waals surface area contributed by atoms with Gasteiger partial charge in [-0.2, -0.15) is 0 Å². The van der Waals surface area contributed by atoms with E-state index in [9.17, 15) is 9.90 Å². The third kappa shape index (κ3) is 4.97. The highest BCUT2D eigenvalue weighted by atomic mass is 16.5. The van der Waals surface area contributed by atoms with Gasteiger partial charge in [0.25, 0.3) is 0 Å². The molecule has 0 radical (unpaired) electrons. The number of hydrogen-bond acceptors (Lipinski definition) is 5. The summed E-state index contributed by atoms with van der Waals surface area (Å²) in [4.78, 5) is 15.0. The van der Waals surface area contributed by atoms with Crippen molar-refractivity contribution < 1.29 is 19.4 Å². The maximum atomic E-state index is 12.0. The van der Waals surface area contributed by atoms with Gasteiger partial charge in [0.15, 0.2) is 0 Å². The van der Waals surface area contributed by atoms with Crippen molar-refractivity contribution in [2.45, 2.75) is 45.9 Å². The number of aliphatic hydroxyl groups is 1. The molecule has 2 rings (SSSR count). The third-order valence-corrected chi connectivity index (χ3v) is 3.38. The van der Waals surface area contributed by atoms with Gasteiger partial charge in [-0.05, 0) is 32.0 Å². The molecule has 1 aromatic heterocycles. The van der Waals surface area contributed by atoms with Gasteiger partial charge in [-0.3, -0.25) is 0 Å². The van der Waals surface area contributed by atoms with Crippen molar-refractivity contribution in [2.75, 3.05) is 13.2 Å². The van der Waals surface area contributed by atoms with E-state index in [1.165, 1.54) is 0 Å². The Morgan fingerprint density at radius 1 is 1.29 bits per heavy atom. The molecule has 1 heterocycles. The zero-order valence-electron chi connectivity index (χ0n) is 14.6. The minimum atomic E-state index is -0.605. The Hall–Kier alpha value is -2.05. The van der Waals surface area contributed by atoms with E-state index in [0.717, 1.165) is 10.9 Å². The number of benzene rings is 1. The van der Waals surface area contributed by atoms with Gasteiger partial charge in [-0.1, -0.05) is 19.9 Å². The van der Waals surface area contributed by atoms with E-state index in [-0.39, 0.29) is 12.7 Å². The van der Waals surface area contributed by atoms with Crippen molar-refractivity contribution in [2.24, 2.45) is 0 Å². The molecule has 0 saturated heterocycles. The smallest absolute Gasteiger partial charge is 0.355 e. The Morgan fingerprint density at radius 2 is 2.04 bits per heavy atom. The van der Waals surface area contributed by atoms with E-state index < -0.39 is 12.1 Å². The number of ether oxygens (including phenoxy) is 2. The zero-order chi connectivity index (χ0) is 17.7. The van der Waals surface area contributed by atoms with Crippen molar-refractivity contribution in [1.82, 2.24) is 10.3 Å². The maximum Gasteiger partial charge on any atom is 0.355 e. The Bertz CT molecular complexity index is 679. The van der Waals surface area contributed by atoms with Gasteiger partial charge in [-0.25, -0.2) is 4.79 Å². The van der Waals surface area contributed by atoms with Crippen LogP contribution in [0.1, 0.15) is 38.2 Å². The number of aromatic nitrogens is 1. The standard InChI is InChI=1S/C18H26N2O4/c1-11(2)19-9-13(21)10-23-17-7-5-6-15-14(17)8-16(20-15)18(22)24-12(3)4/h5-8,11-13,19-21H,9-10H2,1-4H3. The summed E-state index contributed by atoms with van der Waals surface area (Å²) in [5.41, 5.74) is 1.18. The van der Waals surface area contributed by atoms with Crippen molar-refractivity contribution in [3.05, 3.63) is 30.0 Å². The molecule has 0 fully saturated rings. The first-order chi connectivity index (χ1) is 11.4. The molecule has 1 aromatic carbocycles. The monoisotopic (exact) mass is 334 g/mol. The lowest BCUT2D eigenvalue weighted by molar-refractivity contribution is 0.0372. The number of carbonyl (C=O) groups is 1. The lowest BCUT2D eigenvalue weighted by atomic mass is 10.2. The number of fused-ring (bicyclic) bond motifs is 1. The maximum absolute atomic E-state index is 12.0. The molecule has 0 aliphatic carbocycles. The van der Waals surface area contributed by atoms with E-state index in [4.69, 9.17) is 9.47 Å². The van der Waals surface area contributed by atoms with Crippen molar-refractivity contribution in [3.63, 3.8) is 0 Å². The number of hydrogen-bond donors (Lipinski definition) is 3. The molecule has 0 aliphatic heterocycles. The van der Waals surface area contributed by atoms with E-state index in [1.807, 2.05) is 45.9 Å². The van der Waals surface area contributed by atoms with Gasteiger partial charge in [0.1, 0.15) is 24.2 Å². The van der Waals surface area contributed by atoms with Crippen LogP contribution in [0.4, 0.5) is 0 Å². The predicted octanol–water partition coefficient (Wildman–Crippen LogP) is 2.47. The molecule has 0 bridgehead atoms. The number of aliphatic hydroxyl groups excluding tert-OH is 1. The highest BCUT2D eigenvalue weighted by molar-refractivity contribution is 5.97. The van der Waals surface area contributed by atoms with Gasteiger partial charge in [0, 0.05) is 23.5 Å². The fourth-order valence-corrected chi connectivity index (χ4v) is 2.26. The van der Waals surface area contributed by atoms with Crippen LogP contribution in [-0.2, 0) is 4.74 Å². The molecule has 0 spiro atoms. The first-order valence-electron chi connectivity index (χ1n) is 8.23. The van der Waals surface area contributed by atoms with E-state index in [0.29, 0.717) is 24.0 Å². The normalized spacial score (nSPS) is 12.8.